The lowest BCUT2D eigenvalue weighted by Gasteiger charge is -2.29. The molecular formula is C20H16F2N4O. The molecule has 0 bridgehead atoms. The lowest BCUT2D eigenvalue weighted by atomic mass is 10.0. The number of hydrogen-bond donors (Lipinski definition) is 1. The maximum absolute atomic E-state index is 13.7. The van der Waals surface area contributed by atoms with E-state index in [9.17, 15) is 13.6 Å². The summed E-state index contributed by atoms with van der Waals surface area (Å²) in [7, 11) is 0. The van der Waals surface area contributed by atoms with Crippen LogP contribution < -0.4 is 10.2 Å². The molecule has 7 heteroatoms. The van der Waals surface area contributed by atoms with Gasteiger partial charge in [-0.3, -0.25) is 4.79 Å². The molecule has 2 heterocycles. The van der Waals surface area contributed by atoms with Gasteiger partial charge in [0.25, 0.3) is 5.91 Å². The summed E-state index contributed by atoms with van der Waals surface area (Å²) in [5, 5.41) is 10.6. The number of aromatic nitrogens is 2. The zero-order valence-electron chi connectivity index (χ0n) is 14.3. The Balaban J connectivity index is 1.53. The number of carbonyl (C=O) groups is 1. The van der Waals surface area contributed by atoms with Gasteiger partial charge in [-0.2, -0.15) is 0 Å². The Morgan fingerprint density at radius 2 is 1.89 bits per heavy atom. The topological polar surface area (TPSA) is 58.1 Å². The number of carbonyl (C=O) groups excluding carboxylic acids is 1. The lowest BCUT2D eigenvalue weighted by molar-refractivity contribution is 0.0979. The Morgan fingerprint density at radius 1 is 1.04 bits per heavy atom. The molecule has 0 unspecified atom stereocenters. The molecule has 0 saturated carbocycles. The number of halogens is 2. The molecule has 4 rings (SSSR count). The van der Waals surface area contributed by atoms with Gasteiger partial charge in [0.05, 0.1) is 5.69 Å². The molecule has 0 aliphatic carbocycles. The quantitative estimate of drug-likeness (QED) is 0.758. The van der Waals surface area contributed by atoms with Gasteiger partial charge >= 0.3 is 0 Å². The van der Waals surface area contributed by atoms with Gasteiger partial charge < -0.3 is 10.2 Å². The monoisotopic (exact) mass is 366 g/mol. The summed E-state index contributed by atoms with van der Waals surface area (Å²) in [5.41, 5.74) is 2.31. The molecule has 1 amide bonds. The summed E-state index contributed by atoms with van der Waals surface area (Å²) in [6, 6.07) is 14.1. The number of para-hydroxylation sites is 1. The second-order valence-corrected chi connectivity index (χ2v) is 6.24. The SMILES string of the molecule is O=C(c1ccc(Nc2ccc(F)cc2F)nn1)N1CCCc2ccccc21. The summed E-state index contributed by atoms with van der Waals surface area (Å²) < 4.78 is 26.7. The van der Waals surface area contributed by atoms with Crippen molar-refractivity contribution < 1.29 is 13.6 Å². The smallest absolute Gasteiger partial charge is 0.278 e. The number of hydrogen-bond acceptors (Lipinski definition) is 4. The van der Waals surface area contributed by atoms with Gasteiger partial charge in [0.2, 0.25) is 0 Å². The van der Waals surface area contributed by atoms with Crippen molar-refractivity contribution in [3.63, 3.8) is 0 Å². The molecule has 3 aromatic rings. The average Bonchev–Trinajstić information content (AvgIpc) is 2.70. The van der Waals surface area contributed by atoms with Crippen molar-refractivity contribution in [3.8, 4) is 0 Å². The molecule has 1 aromatic heterocycles. The minimum absolute atomic E-state index is 0.0785. The van der Waals surface area contributed by atoms with Crippen molar-refractivity contribution in [3.05, 3.63) is 77.5 Å². The van der Waals surface area contributed by atoms with E-state index in [0.717, 1.165) is 36.2 Å². The first-order chi connectivity index (χ1) is 13.1. The zero-order chi connectivity index (χ0) is 18.8. The van der Waals surface area contributed by atoms with E-state index in [1.165, 1.54) is 12.1 Å². The molecule has 0 saturated heterocycles. The number of anilines is 3. The standard InChI is InChI=1S/C20H16F2N4O/c21-14-7-8-16(15(22)12-14)23-19-10-9-17(24-25-19)20(27)26-11-3-5-13-4-1-2-6-18(13)26/h1-2,4,6-10,12H,3,5,11H2,(H,23,25). The maximum Gasteiger partial charge on any atom is 0.278 e. The molecule has 0 atom stereocenters. The first-order valence-corrected chi connectivity index (χ1v) is 8.57. The van der Waals surface area contributed by atoms with Crippen LogP contribution in [0.1, 0.15) is 22.5 Å². The van der Waals surface area contributed by atoms with E-state index in [1.807, 2.05) is 24.3 Å². The van der Waals surface area contributed by atoms with Crippen LogP contribution in [0.5, 0.6) is 0 Å². The largest absolute Gasteiger partial charge is 0.336 e. The maximum atomic E-state index is 13.7. The fraction of sp³-hybridized carbons (Fsp3) is 0.150. The summed E-state index contributed by atoms with van der Waals surface area (Å²) in [6.45, 7) is 0.623. The number of nitrogens with one attached hydrogen (secondary N) is 1. The van der Waals surface area contributed by atoms with E-state index >= 15 is 0 Å². The summed E-state index contributed by atoms with van der Waals surface area (Å²) in [5.74, 6) is -1.36. The van der Waals surface area contributed by atoms with Gasteiger partial charge in [-0.25, -0.2) is 8.78 Å². The fourth-order valence-corrected chi connectivity index (χ4v) is 3.12. The van der Waals surface area contributed by atoms with E-state index in [2.05, 4.69) is 15.5 Å². The molecule has 27 heavy (non-hydrogen) atoms. The van der Waals surface area contributed by atoms with Crippen molar-refractivity contribution in [2.24, 2.45) is 0 Å². The normalized spacial score (nSPS) is 13.2. The molecule has 136 valence electrons. The van der Waals surface area contributed by atoms with Crippen LogP contribution in [0, 0.1) is 11.6 Å². The highest BCUT2D eigenvalue weighted by Crippen LogP contribution is 2.28. The van der Waals surface area contributed by atoms with Crippen LogP contribution in [0.4, 0.5) is 26.0 Å². The number of amides is 1. The van der Waals surface area contributed by atoms with Gasteiger partial charge in [0.1, 0.15) is 11.6 Å². The van der Waals surface area contributed by atoms with Gasteiger partial charge in [0, 0.05) is 18.3 Å². The average molecular weight is 366 g/mol. The first kappa shape index (κ1) is 17.1. The molecule has 5 nitrogen and oxygen atoms in total. The van der Waals surface area contributed by atoms with Crippen molar-refractivity contribution in [2.75, 3.05) is 16.8 Å². The van der Waals surface area contributed by atoms with Gasteiger partial charge in [-0.05, 0) is 48.7 Å². The molecule has 1 aliphatic rings. The Kier molecular flexibility index (Phi) is 4.50. The summed E-state index contributed by atoms with van der Waals surface area (Å²) >= 11 is 0. The Morgan fingerprint density at radius 3 is 2.67 bits per heavy atom. The number of nitrogens with zero attached hydrogens (tertiary/aromatic N) is 3. The van der Waals surface area contributed by atoms with Crippen LogP contribution >= 0.6 is 0 Å². The van der Waals surface area contributed by atoms with Crippen LogP contribution in [0.3, 0.4) is 0 Å². The number of rotatable bonds is 3. The lowest BCUT2D eigenvalue weighted by Crippen LogP contribution is -2.36. The molecule has 1 aliphatic heterocycles. The second-order valence-electron chi connectivity index (χ2n) is 6.24. The summed E-state index contributed by atoms with van der Waals surface area (Å²) in [6.07, 6.45) is 1.83. The van der Waals surface area contributed by atoms with Crippen molar-refractivity contribution in [1.29, 1.82) is 0 Å². The Hall–Kier alpha value is -3.35. The highest BCUT2D eigenvalue weighted by molar-refractivity contribution is 6.05. The number of benzene rings is 2. The van der Waals surface area contributed by atoms with Crippen LogP contribution in [-0.4, -0.2) is 22.6 Å². The first-order valence-electron chi connectivity index (χ1n) is 8.57. The zero-order valence-corrected chi connectivity index (χ0v) is 14.3. The van der Waals surface area contributed by atoms with E-state index < -0.39 is 11.6 Å². The molecule has 1 N–H and O–H groups in total. The molecular weight excluding hydrogens is 350 g/mol. The van der Waals surface area contributed by atoms with Crippen molar-refractivity contribution in [2.45, 2.75) is 12.8 Å². The third-order valence-corrected chi connectivity index (χ3v) is 4.43. The molecule has 2 aromatic carbocycles. The van der Waals surface area contributed by atoms with Crippen molar-refractivity contribution >= 4 is 23.1 Å². The van der Waals surface area contributed by atoms with Gasteiger partial charge in [0.15, 0.2) is 11.5 Å². The Labute approximate surface area is 154 Å². The summed E-state index contributed by atoms with van der Waals surface area (Å²) in [4.78, 5) is 14.5. The second kappa shape index (κ2) is 7.11. The highest BCUT2D eigenvalue weighted by Gasteiger charge is 2.24. The fourth-order valence-electron chi connectivity index (χ4n) is 3.12. The van der Waals surface area contributed by atoms with Gasteiger partial charge in [-0.15, -0.1) is 10.2 Å². The third-order valence-electron chi connectivity index (χ3n) is 4.43. The van der Waals surface area contributed by atoms with Gasteiger partial charge in [-0.1, -0.05) is 18.2 Å². The number of aryl methyl sites for hydroxylation is 1. The Bertz CT molecular complexity index is 992. The van der Waals surface area contributed by atoms with E-state index in [-0.39, 0.29) is 23.1 Å². The predicted molar refractivity (Wildman–Crippen MR) is 98.1 cm³/mol. The van der Waals surface area contributed by atoms with Crippen LogP contribution in [-0.2, 0) is 6.42 Å². The van der Waals surface area contributed by atoms with Crippen molar-refractivity contribution in [1.82, 2.24) is 10.2 Å². The van der Waals surface area contributed by atoms with E-state index in [0.29, 0.717) is 6.54 Å². The van der Waals surface area contributed by atoms with Crippen LogP contribution in [0.2, 0.25) is 0 Å². The van der Waals surface area contributed by atoms with E-state index in [4.69, 9.17) is 0 Å². The third kappa shape index (κ3) is 3.48. The van der Waals surface area contributed by atoms with Crippen LogP contribution in [0.25, 0.3) is 0 Å². The number of fused-ring (bicyclic) bond motifs is 1. The minimum Gasteiger partial charge on any atom is -0.336 e. The molecule has 0 spiro atoms. The molecule has 0 radical (unpaired) electrons. The predicted octanol–water partition coefficient (Wildman–Crippen LogP) is 4.09. The minimum atomic E-state index is -0.734. The van der Waals surface area contributed by atoms with E-state index in [1.54, 1.807) is 11.0 Å². The van der Waals surface area contributed by atoms with Crippen LogP contribution in [0.15, 0.2) is 54.6 Å². The molecule has 0 fully saturated rings. The highest BCUT2D eigenvalue weighted by atomic mass is 19.1.